The third-order valence-electron chi connectivity index (χ3n) is 5.00. The number of anilines is 2. The highest BCUT2D eigenvalue weighted by molar-refractivity contribution is 6.31. The van der Waals surface area contributed by atoms with Crippen LogP contribution in [0.5, 0.6) is 0 Å². The summed E-state index contributed by atoms with van der Waals surface area (Å²) in [5.41, 5.74) is 0.838. The molecule has 2 fully saturated rings. The van der Waals surface area contributed by atoms with E-state index >= 15 is 0 Å². The topological polar surface area (TPSA) is 72.7 Å². The van der Waals surface area contributed by atoms with E-state index in [0.717, 1.165) is 55.5 Å². The lowest BCUT2D eigenvalue weighted by Gasteiger charge is -2.34. The van der Waals surface area contributed by atoms with Gasteiger partial charge in [0, 0.05) is 36.6 Å². The number of rotatable bonds is 2. The minimum Gasteiger partial charge on any atom is -0.391 e. The maximum Gasteiger partial charge on any atom is 0.227 e. The van der Waals surface area contributed by atoms with Crippen molar-refractivity contribution in [3.05, 3.63) is 23.2 Å². The minimum atomic E-state index is -0.335. The molecule has 2 N–H and O–H groups in total. The normalized spacial score (nSPS) is 24.8. The Morgan fingerprint density at radius 1 is 0.960 bits per heavy atom. The van der Waals surface area contributed by atoms with E-state index in [1.165, 1.54) is 0 Å². The summed E-state index contributed by atoms with van der Waals surface area (Å²) in [6, 6.07) is 5.63. The summed E-state index contributed by atoms with van der Waals surface area (Å²) in [6.07, 6.45) is 2.85. The van der Waals surface area contributed by atoms with Crippen LogP contribution in [0.3, 0.4) is 0 Å². The first-order valence-electron chi connectivity index (χ1n) is 8.93. The maximum atomic E-state index is 10.1. The molecule has 134 valence electrons. The molecule has 0 bridgehead atoms. The molecule has 2 saturated heterocycles. The second-order valence-corrected chi connectivity index (χ2v) is 7.43. The van der Waals surface area contributed by atoms with Crippen molar-refractivity contribution < 1.29 is 10.2 Å². The molecule has 2 atom stereocenters. The Kier molecular flexibility index (Phi) is 4.67. The van der Waals surface area contributed by atoms with Crippen molar-refractivity contribution in [3.8, 4) is 0 Å². The molecular weight excluding hydrogens is 340 g/mol. The van der Waals surface area contributed by atoms with Gasteiger partial charge in [-0.1, -0.05) is 11.6 Å². The van der Waals surface area contributed by atoms with Crippen LogP contribution in [0.4, 0.5) is 11.8 Å². The number of hydrogen-bond donors (Lipinski definition) is 2. The SMILES string of the molecule is O[C@@H]1CCCN(c2nc(N3CCC[C@@H](O)C3)c3cc(Cl)ccc3n2)C1. The van der Waals surface area contributed by atoms with Crippen LogP contribution in [0.15, 0.2) is 18.2 Å². The summed E-state index contributed by atoms with van der Waals surface area (Å²) in [7, 11) is 0. The highest BCUT2D eigenvalue weighted by atomic mass is 35.5. The van der Waals surface area contributed by atoms with Crippen molar-refractivity contribution in [1.29, 1.82) is 0 Å². The van der Waals surface area contributed by atoms with E-state index in [1.807, 2.05) is 23.1 Å². The number of benzene rings is 1. The molecule has 7 heteroatoms. The van der Waals surface area contributed by atoms with E-state index in [2.05, 4.69) is 4.90 Å². The zero-order valence-corrected chi connectivity index (χ0v) is 14.9. The van der Waals surface area contributed by atoms with Crippen LogP contribution in [-0.2, 0) is 0 Å². The molecule has 2 aliphatic rings. The number of piperidine rings is 2. The molecule has 0 unspecified atom stereocenters. The van der Waals surface area contributed by atoms with Crippen LogP contribution in [0.2, 0.25) is 5.02 Å². The van der Waals surface area contributed by atoms with Crippen molar-refractivity contribution >= 4 is 34.3 Å². The molecule has 1 aromatic heterocycles. The van der Waals surface area contributed by atoms with Gasteiger partial charge < -0.3 is 20.0 Å². The second-order valence-electron chi connectivity index (χ2n) is 6.99. The standard InChI is InChI=1S/C18H23ClN4O2/c19-12-5-6-16-15(9-12)17(22-7-1-3-13(24)10-22)21-18(20-16)23-8-2-4-14(25)11-23/h5-6,9,13-14,24-25H,1-4,7-8,10-11H2/t13-,14-/m1/s1. The van der Waals surface area contributed by atoms with E-state index in [1.54, 1.807) is 0 Å². The summed E-state index contributed by atoms with van der Waals surface area (Å²) in [6.45, 7) is 2.83. The fourth-order valence-electron chi connectivity index (χ4n) is 3.74. The van der Waals surface area contributed by atoms with Gasteiger partial charge >= 0.3 is 0 Å². The summed E-state index contributed by atoms with van der Waals surface area (Å²) >= 11 is 6.20. The Labute approximate surface area is 152 Å². The molecule has 2 aliphatic heterocycles. The van der Waals surface area contributed by atoms with Crippen LogP contribution < -0.4 is 9.80 Å². The summed E-state index contributed by atoms with van der Waals surface area (Å²) in [5, 5.41) is 21.6. The van der Waals surface area contributed by atoms with Crippen LogP contribution >= 0.6 is 11.6 Å². The molecular formula is C18H23ClN4O2. The Bertz CT molecular complexity index is 772. The van der Waals surface area contributed by atoms with Crippen molar-refractivity contribution in [2.45, 2.75) is 37.9 Å². The highest BCUT2D eigenvalue weighted by Crippen LogP contribution is 2.31. The van der Waals surface area contributed by atoms with Crippen LogP contribution in [0.1, 0.15) is 25.7 Å². The fraction of sp³-hybridized carbons (Fsp3) is 0.556. The number of β-amino-alcohol motifs (C(OH)–C–C–N with tert-alkyl or cyclic N) is 2. The molecule has 3 heterocycles. The van der Waals surface area contributed by atoms with Crippen molar-refractivity contribution in [2.24, 2.45) is 0 Å². The maximum absolute atomic E-state index is 10.1. The smallest absolute Gasteiger partial charge is 0.227 e. The van der Waals surface area contributed by atoms with Gasteiger partial charge in [-0.25, -0.2) is 4.98 Å². The molecule has 0 spiro atoms. The van der Waals surface area contributed by atoms with Gasteiger partial charge in [0.1, 0.15) is 5.82 Å². The molecule has 0 amide bonds. The van der Waals surface area contributed by atoms with Crippen molar-refractivity contribution in [2.75, 3.05) is 36.0 Å². The van der Waals surface area contributed by atoms with Gasteiger partial charge in [0.15, 0.2) is 0 Å². The van der Waals surface area contributed by atoms with Crippen LogP contribution in [0.25, 0.3) is 10.9 Å². The first-order valence-corrected chi connectivity index (χ1v) is 9.31. The molecule has 0 radical (unpaired) electrons. The van der Waals surface area contributed by atoms with Crippen LogP contribution in [0, 0.1) is 0 Å². The van der Waals surface area contributed by atoms with Gasteiger partial charge in [-0.2, -0.15) is 4.98 Å². The third-order valence-corrected chi connectivity index (χ3v) is 5.24. The summed E-state index contributed by atoms with van der Waals surface area (Å²) < 4.78 is 0. The Morgan fingerprint density at radius 2 is 1.64 bits per heavy atom. The van der Waals surface area contributed by atoms with Crippen molar-refractivity contribution in [1.82, 2.24) is 9.97 Å². The van der Waals surface area contributed by atoms with Gasteiger partial charge in [0.25, 0.3) is 0 Å². The predicted octanol–water partition coefficient (Wildman–Crippen LogP) is 2.21. The largest absolute Gasteiger partial charge is 0.391 e. The first-order chi connectivity index (χ1) is 12.1. The number of aromatic nitrogens is 2. The lowest BCUT2D eigenvalue weighted by atomic mass is 10.1. The Balaban J connectivity index is 1.79. The molecule has 2 aromatic rings. The van der Waals surface area contributed by atoms with E-state index < -0.39 is 0 Å². The lowest BCUT2D eigenvalue weighted by Crippen LogP contribution is -2.41. The van der Waals surface area contributed by atoms with Gasteiger partial charge in [0.2, 0.25) is 5.95 Å². The van der Waals surface area contributed by atoms with E-state index in [4.69, 9.17) is 21.6 Å². The Hall–Kier alpha value is -1.63. The van der Waals surface area contributed by atoms with E-state index in [-0.39, 0.29) is 12.2 Å². The monoisotopic (exact) mass is 362 g/mol. The van der Waals surface area contributed by atoms with Crippen LogP contribution in [-0.4, -0.2) is 58.6 Å². The quantitative estimate of drug-likeness (QED) is 0.853. The average Bonchev–Trinajstić information content (AvgIpc) is 2.61. The molecule has 0 aliphatic carbocycles. The number of fused-ring (bicyclic) bond motifs is 1. The minimum absolute atomic E-state index is 0.335. The Morgan fingerprint density at radius 3 is 2.36 bits per heavy atom. The van der Waals surface area contributed by atoms with Gasteiger partial charge in [-0.05, 0) is 43.9 Å². The van der Waals surface area contributed by atoms with Gasteiger partial charge in [-0.3, -0.25) is 0 Å². The van der Waals surface area contributed by atoms with Gasteiger partial charge in [-0.15, -0.1) is 0 Å². The highest BCUT2D eigenvalue weighted by Gasteiger charge is 2.25. The number of aliphatic hydroxyl groups is 2. The molecule has 25 heavy (non-hydrogen) atoms. The molecule has 0 saturated carbocycles. The molecule has 4 rings (SSSR count). The number of nitrogens with zero attached hydrogens (tertiary/aromatic N) is 4. The second kappa shape index (κ2) is 6.94. The number of halogens is 1. The zero-order chi connectivity index (χ0) is 17.4. The van der Waals surface area contributed by atoms with Gasteiger partial charge in [0.05, 0.1) is 17.7 Å². The fourth-order valence-corrected chi connectivity index (χ4v) is 3.91. The first kappa shape index (κ1) is 16.8. The van der Waals surface area contributed by atoms with Crippen molar-refractivity contribution in [3.63, 3.8) is 0 Å². The number of aliphatic hydroxyl groups excluding tert-OH is 2. The predicted molar refractivity (Wildman–Crippen MR) is 99.5 cm³/mol. The molecule has 6 nitrogen and oxygen atoms in total. The lowest BCUT2D eigenvalue weighted by molar-refractivity contribution is 0.153. The average molecular weight is 363 g/mol. The summed E-state index contributed by atoms with van der Waals surface area (Å²) in [5.74, 6) is 1.46. The van der Waals surface area contributed by atoms with E-state index in [9.17, 15) is 10.2 Å². The molecule has 1 aromatic carbocycles. The third kappa shape index (κ3) is 3.52. The zero-order valence-electron chi connectivity index (χ0n) is 14.1. The number of hydrogen-bond acceptors (Lipinski definition) is 6. The van der Waals surface area contributed by atoms with E-state index in [0.29, 0.717) is 24.1 Å². The summed E-state index contributed by atoms with van der Waals surface area (Å²) in [4.78, 5) is 13.7.